The molecule has 0 radical (unpaired) electrons. The molecule has 0 spiro atoms. The molecule has 0 atom stereocenters. The fourth-order valence-corrected chi connectivity index (χ4v) is 3.06. The lowest BCUT2D eigenvalue weighted by atomic mass is 9.88. The zero-order valence-corrected chi connectivity index (χ0v) is 13.6. The molecule has 0 unspecified atom stereocenters. The number of benzene rings is 2. The highest BCUT2D eigenvalue weighted by Gasteiger charge is 2.34. The van der Waals surface area contributed by atoms with E-state index in [2.05, 4.69) is 6.92 Å². The van der Waals surface area contributed by atoms with Gasteiger partial charge in [-0.3, -0.25) is 14.5 Å². The molecule has 0 N–H and O–H groups in total. The van der Waals surface area contributed by atoms with Crippen molar-refractivity contribution in [3.63, 3.8) is 0 Å². The Morgan fingerprint density at radius 2 is 1.48 bits per heavy atom. The minimum atomic E-state index is -0.115. The molecule has 23 heavy (non-hydrogen) atoms. The van der Waals surface area contributed by atoms with Crippen LogP contribution in [-0.2, 0) is 16.0 Å². The van der Waals surface area contributed by atoms with Gasteiger partial charge in [0.05, 0.1) is 5.69 Å². The fourth-order valence-electron chi connectivity index (χ4n) is 3.06. The molecule has 2 amide bonds. The first kappa shape index (κ1) is 15.5. The Hall–Kier alpha value is -2.42. The van der Waals surface area contributed by atoms with E-state index < -0.39 is 0 Å². The third kappa shape index (κ3) is 3.19. The van der Waals surface area contributed by atoms with E-state index in [1.165, 1.54) is 16.0 Å². The molecule has 1 fully saturated rings. The van der Waals surface area contributed by atoms with Crippen LogP contribution in [-0.4, -0.2) is 11.8 Å². The van der Waals surface area contributed by atoms with Gasteiger partial charge < -0.3 is 0 Å². The summed E-state index contributed by atoms with van der Waals surface area (Å²) in [6, 6.07) is 15.8. The highest BCUT2D eigenvalue weighted by atomic mass is 16.2. The van der Waals surface area contributed by atoms with Crippen LogP contribution in [0.1, 0.15) is 42.4 Å². The van der Waals surface area contributed by atoms with Gasteiger partial charge in [0.25, 0.3) is 0 Å². The van der Waals surface area contributed by atoms with Gasteiger partial charge in [0.1, 0.15) is 0 Å². The van der Waals surface area contributed by atoms with Gasteiger partial charge in [-0.2, -0.15) is 0 Å². The molecule has 1 aliphatic rings. The molecule has 2 aromatic rings. The Morgan fingerprint density at radius 1 is 0.913 bits per heavy atom. The number of aryl methyl sites for hydroxylation is 2. The molecular formula is C20H21NO2. The number of anilines is 1. The lowest BCUT2D eigenvalue weighted by Crippen LogP contribution is -2.42. The normalized spacial score (nSPS) is 16.0. The summed E-state index contributed by atoms with van der Waals surface area (Å²) >= 11 is 0. The Morgan fingerprint density at radius 3 is 2.00 bits per heavy atom. The first-order valence-electron chi connectivity index (χ1n) is 8.09. The lowest BCUT2D eigenvalue weighted by molar-refractivity contribution is -0.129. The van der Waals surface area contributed by atoms with Crippen LogP contribution in [0.15, 0.2) is 48.5 Å². The van der Waals surface area contributed by atoms with E-state index in [9.17, 15) is 9.59 Å². The second kappa shape index (κ2) is 6.37. The largest absolute Gasteiger partial charge is 0.274 e. The topological polar surface area (TPSA) is 37.4 Å². The SMILES string of the molecule is CCc1ccc(N2C(=O)CC(c3ccc(C)cc3)CC2=O)cc1. The average molecular weight is 307 g/mol. The van der Waals surface area contributed by atoms with Gasteiger partial charge in [-0.05, 0) is 36.6 Å². The lowest BCUT2D eigenvalue weighted by Gasteiger charge is -2.30. The van der Waals surface area contributed by atoms with Gasteiger partial charge in [0.15, 0.2) is 0 Å². The van der Waals surface area contributed by atoms with E-state index in [1.54, 1.807) is 0 Å². The molecule has 0 aliphatic carbocycles. The maximum atomic E-state index is 12.5. The molecule has 3 rings (SSSR count). The maximum Gasteiger partial charge on any atom is 0.234 e. The molecule has 118 valence electrons. The molecule has 0 bridgehead atoms. The van der Waals surface area contributed by atoms with Crippen molar-refractivity contribution in [3.8, 4) is 0 Å². The van der Waals surface area contributed by atoms with Crippen molar-refractivity contribution in [3.05, 3.63) is 65.2 Å². The van der Waals surface area contributed by atoms with Gasteiger partial charge in [-0.1, -0.05) is 48.9 Å². The number of carbonyl (C=O) groups is 2. The summed E-state index contributed by atoms with van der Waals surface area (Å²) in [6.07, 6.45) is 1.70. The summed E-state index contributed by atoms with van der Waals surface area (Å²) in [5.74, 6) is -0.242. The van der Waals surface area contributed by atoms with E-state index in [4.69, 9.17) is 0 Å². The summed E-state index contributed by atoms with van der Waals surface area (Å²) in [7, 11) is 0. The van der Waals surface area contributed by atoms with E-state index in [0.29, 0.717) is 18.5 Å². The first-order chi connectivity index (χ1) is 11.1. The van der Waals surface area contributed by atoms with Crippen molar-refractivity contribution in [2.24, 2.45) is 0 Å². The van der Waals surface area contributed by atoms with Crippen molar-refractivity contribution in [1.82, 2.24) is 0 Å². The molecule has 0 saturated carbocycles. The van der Waals surface area contributed by atoms with E-state index >= 15 is 0 Å². The second-order valence-electron chi connectivity index (χ2n) is 6.16. The van der Waals surface area contributed by atoms with Crippen LogP contribution >= 0.6 is 0 Å². The van der Waals surface area contributed by atoms with E-state index in [0.717, 1.165) is 12.0 Å². The van der Waals surface area contributed by atoms with Gasteiger partial charge >= 0.3 is 0 Å². The predicted octanol–water partition coefficient (Wildman–Crippen LogP) is 3.99. The number of hydrogen-bond acceptors (Lipinski definition) is 2. The zero-order chi connectivity index (χ0) is 16.4. The molecule has 3 heteroatoms. The maximum absolute atomic E-state index is 12.5. The Bertz CT molecular complexity index is 698. The third-order valence-electron chi connectivity index (χ3n) is 4.49. The van der Waals surface area contributed by atoms with Crippen molar-refractivity contribution in [1.29, 1.82) is 0 Å². The standard InChI is InChI=1S/C20H21NO2/c1-3-15-6-10-18(11-7-15)21-19(22)12-17(13-20(21)23)16-8-4-14(2)5-9-16/h4-11,17H,3,12-13H2,1-2H3. The predicted molar refractivity (Wildman–Crippen MR) is 91.5 cm³/mol. The number of imide groups is 1. The average Bonchev–Trinajstić information content (AvgIpc) is 2.55. The van der Waals surface area contributed by atoms with Crippen LogP contribution in [0.4, 0.5) is 5.69 Å². The van der Waals surface area contributed by atoms with Gasteiger partial charge in [-0.25, -0.2) is 0 Å². The minimum absolute atomic E-state index is 0.0123. The number of carbonyl (C=O) groups excluding carboxylic acids is 2. The minimum Gasteiger partial charge on any atom is -0.274 e. The highest BCUT2D eigenvalue weighted by molar-refractivity contribution is 6.17. The number of hydrogen-bond donors (Lipinski definition) is 0. The van der Waals surface area contributed by atoms with Crippen molar-refractivity contribution >= 4 is 17.5 Å². The van der Waals surface area contributed by atoms with Gasteiger partial charge in [-0.15, -0.1) is 0 Å². The van der Waals surface area contributed by atoms with E-state index in [1.807, 2.05) is 55.5 Å². The van der Waals surface area contributed by atoms with Crippen LogP contribution in [0.3, 0.4) is 0 Å². The monoisotopic (exact) mass is 307 g/mol. The summed E-state index contributed by atoms with van der Waals surface area (Å²) in [4.78, 5) is 26.4. The summed E-state index contributed by atoms with van der Waals surface area (Å²) in [6.45, 7) is 4.11. The molecule has 1 heterocycles. The number of nitrogens with zero attached hydrogens (tertiary/aromatic N) is 1. The molecule has 3 nitrogen and oxygen atoms in total. The smallest absolute Gasteiger partial charge is 0.234 e. The zero-order valence-electron chi connectivity index (χ0n) is 13.6. The number of rotatable bonds is 3. The van der Waals surface area contributed by atoms with E-state index in [-0.39, 0.29) is 17.7 Å². The number of piperidine rings is 1. The Kier molecular flexibility index (Phi) is 4.28. The Balaban J connectivity index is 1.80. The van der Waals surface area contributed by atoms with Crippen molar-refractivity contribution in [2.45, 2.75) is 39.0 Å². The third-order valence-corrected chi connectivity index (χ3v) is 4.49. The number of amides is 2. The Labute approximate surface area is 136 Å². The summed E-state index contributed by atoms with van der Waals surface area (Å²) in [5.41, 5.74) is 4.13. The van der Waals surface area contributed by atoms with Crippen molar-refractivity contribution < 1.29 is 9.59 Å². The van der Waals surface area contributed by atoms with Crippen LogP contribution in [0.2, 0.25) is 0 Å². The van der Waals surface area contributed by atoms with Gasteiger partial charge in [0.2, 0.25) is 11.8 Å². The molecule has 1 aliphatic heterocycles. The molecule has 0 aromatic heterocycles. The fraction of sp³-hybridized carbons (Fsp3) is 0.300. The second-order valence-corrected chi connectivity index (χ2v) is 6.16. The van der Waals surface area contributed by atoms with Crippen LogP contribution < -0.4 is 4.90 Å². The summed E-state index contributed by atoms with van der Waals surface area (Å²) in [5, 5.41) is 0. The first-order valence-corrected chi connectivity index (χ1v) is 8.09. The van der Waals surface area contributed by atoms with Crippen LogP contribution in [0.5, 0.6) is 0 Å². The van der Waals surface area contributed by atoms with Gasteiger partial charge in [0, 0.05) is 18.8 Å². The summed E-state index contributed by atoms with van der Waals surface area (Å²) < 4.78 is 0. The van der Waals surface area contributed by atoms with Crippen molar-refractivity contribution in [2.75, 3.05) is 4.90 Å². The molecule has 2 aromatic carbocycles. The molecule has 1 saturated heterocycles. The van der Waals surface area contributed by atoms with Crippen LogP contribution in [0, 0.1) is 6.92 Å². The van der Waals surface area contributed by atoms with Crippen LogP contribution in [0.25, 0.3) is 0 Å². The molecular weight excluding hydrogens is 286 g/mol. The quantitative estimate of drug-likeness (QED) is 0.804. The highest BCUT2D eigenvalue weighted by Crippen LogP contribution is 2.32.